The lowest BCUT2D eigenvalue weighted by molar-refractivity contribution is -0.387. The zero-order valence-corrected chi connectivity index (χ0v) is 13.0. The standard InChI is InChI=1S/C16H15NO4S/c1-11(12-6-4-3-5-7-12)21-16(18)13-8-9-15(22-2)14(10-13)17(19)20/h3-11H,1-2H3/t11-/m0/s1. The molecule has 0 saturated heterocycles. The van der Waals surface area contributed by atoms with Gasteiger partial charge in [0.1, 0.15) is 6.10 Å². The molecule has 22 heavy (non-hydrogen) atoms. The molecule has 0 aromatic heterocycles. The first-order chi connectivity index (χ1) is 10.5. The fourth-order valence-corrected chi connectivity index (χ4v) is 2.53. The van der Waals surface area contributed by atoms with Crippen molar-refractivity contribution < 1.29 is 14.5 Å². The van der Waals surface area contributed by atoms with Crippen molar-refractivity contribution in [3.8, 4) is 0 Å². The second-order valence-corrected chi connectivity index (χ2v) is 5.45. The average Bonchev–Trinajstić information content (AvgIpc) is 2.54. The van der Waals surface area contributed by atoms with E-state index in [1.807, 2.05) is 30.3 Å². The van der Waals surface area contributed by atoms with Crippen LogP contribution in [0.1, 0.15) is 28.9 Å². The Bertz CT molecular complexity index is 688. The van der Waals surface area contributed by atoms with Crippen LogP contribution in [0.2, 0.25) is 0 Å². The van der Waals surface area contributed by atoms with Crippen LogP contribution in [0.15, 0.2) is 53.4 Å². The Kier molecular flexibility index (Phi) is 5.16. The van der Waals surface area contributed by atoms with Gasteiger partial charge in [0.25, 0.3) is 5.69 Å². The van der Waals surface area contributed by atoms with Crippen LogP contribution in [0.4, 0.5) is 5.69 Å². The van der Waals surface area contributed by atoms with E-state index in [9.17, 15) is 14.9 Å². The highest BCUT2D eigenvalue weighted by Crippen LogP contribution is 2.29. The maximum Gasteiger partial charge on any atom is 0.338 e. The third-order valence-corrected chi connectivity index (χ3v) is 3.95. The van der Waals surface area contributed by atoms with Crippen molar-refractivity contribution in [3.05, 3.63) is 69.8 Å². The van der Waals surface area contributed by atoms with Crippen LogP contribution >= 0.6 is 11.8 Å². The lowest BCUT2D eigenvalue weighted by Crippen LogP contribution is -2.09. The number of esters is 1. The molecule has 0 fully saturated rings. The van der Waals surface area contributed by atoms with Crippen molar-refractivity contribution >= 4 is 23.4 Å². The van der Waals surface area contributed by atoms with E-state index < -0.39 is 17.0 Å². The van der Waals surface area contributed by atoms with Crippen molar-refractivity contribution in [3.63, 3.8) is 0 Å². The van der Waals surface area contributed by atoms with E-state index in [4.69, 9.17) is 4.74 Å². The minimum absolute atomic E-state index is 0.0886. The van der Waals surface area contributed by atoms with Crippen LogP contribution in [0.3, 0.4) is 0 Å². The van der Waals surface area contributed by atoms with Gasteiger partial charge in [0.2, 0.25) is 0 Å². The molecular formula is C16H15NO4S. The lowest BCUT2D eigenvalue weighted by Gasteiger charge is -2.13. The Labute approximate surface area is 132 Å². The summed E-state index contributed by atoms with van der Waals surface area (Å²) in [5, 5.41) is 11.0. The Hall–Kier alpha value is -2.34. The van der Waals surface area contributed by atoms with Crippen LogP contribution in [0, 0.1) is 10.1 Å². The van der Waals surface area contributed by atoms with Crippen LogP contribution < -0.4 is 0 Å². The van der Waals surface area contributed by atoms with Gasteiger partial charge in [0, 0.05) is 6.07 Å². The second kappa shape index (κ2) is 7.09. The van der Waals surface area contributed by atoms with Crippen molar-refractivity contribution in [2.75, 3.05) is 6.26 Å². The van der Waals surface area contributed by atoms with E-state index in [-0.39, 0.29) is 11.3 Å². The third-order valence-electron chi connectivity index (χ3n) is 3.16. The Morgan fingerprint density at radius 1 is 1.23 bits per heavy atom. The summed E-state index contributed by atoms with van der Waals surface area (Å²) >= 11 is 1.26. The fourth-order valence-electron chi connectivity index (χ4n) is 1.98. The molecule has 0 radical (unpaired) electrons. The molecule has 1 atom stereocenters. The number of hydrogen-bond acceptors (Lipinski definition) is 5. The summed E-state index contributed by atoms with van der Waals surface area (Å²) in [6, 6.07) is 13.7. The molecule has 2 rings (SSSR count). The zero-order valence-electron chi connectivity index (χ0n) is 12.2. The molecule has 2 aromatic carbocycles. The van der Waals surface area contributed by atoms with Crippen molar-refractivity contribution in [2.24, 2.45) is 0 Å². The fraction of sp³-hybridized carbons (Fsp3) is 0.188. The number of ether oxygens (including phenoxy) is 1. The molecule has 5 nitrogen and oxygen atoms in total. The molecule has 0 N–H and O–H groups in total. The summed E-state index contributed by atoms with van der Waals surface area (Å²) in [7, 11) is 0. The number of nitrogens with zero attached hydrogens (tertiary/aromatic N) is 1. The van der Waals surface area contributed by atoms with E-state index in [0.717, 1.165) is 5.56 Å². The predicted molar refractivity (Wildman–Crippen MR) is 85.1 cm³/mol. The minimum Gasteiger partial charge on any atom is -0.454 e. The van der Waals surface area contributed by atoms with Gasteiger partial charge in [-0.25, -0.2) is 4.79 Å². The smallest absolute Gasteiger partial charge is 0.338 e. The van der Waals surface area contributed by atoms with Gasteiger partial charge in [0.15, 0.2) is 0 Å². The monoisotopic (exact) mass is 317 g/mol. The topological polar surface area (TPSA) is 69.4 Å². The van der Waals surface area contributed by atoms with E-state index in [2.05, 4.69) is 0 Å². The lowest BCUT2D eigenvalue weighted by atomic mass is 10.1. The molecule has 0 aliphatic carbocycles. The molecule has 0 heterocycles. The van der Waals surface area contributed by atoms with E-state index in [1.54, 1.807) is 25.3 Å². The first kappa shape index (κ1) is 16.0. The van der Waals surface area contributed by atoms with Crippen molar-refractivity contribution in [1.29, 1.82) is 0 Å². The van der Waals surface area contributed by atoms with Gasteiger partial charge >= 0.3 is 5.97 Å². The number of hydrogen-bond donors (Lipinski definition) is 0. The molecular weight excluding hydrogens is 302 g/mol. The van der Waals surface area contributed by atoms with E-state index in [0.29, 0.717) is 4.90 Å². The molecule has 2 aromatic rings. The highest BCUT2D eigenvalue weighted by atomic mass is 32.2. The molecule has 0 aliphatic rings. The van der Waals surface area contributed by atoms with Gasteiger partial charge in [-0.3, -0.25) is 10.1 Å². The normalized spacial score (nSPS) is 11.7. The first-order valence-corrected chi connectivity index (χ1v) is 7.83. The van der Waals surface area contributed by atoms with Gasteiger partial charge in [0.05, 0.1) is 15.4 Å². The Morgan fingerprint density at radius 3 is 2.50 bits per heavy atom. The van der Waals surface area contributed by atoms with Crippen molar-refractivity contribution in [2.45, 2.75) is 17.9 Å². The summed E-state index contributed by atoms with van der Waals surface area (Å²) in [4.78, 5) is 23.2. The summed E-state index contributed by atoms with van der Waals surface area (Å²) in [6.45, 7) is 1.76. The number of nitro benzene ring substituents is 1. The number of carbonyl (C=O) groups excluding carboxylic acids is 1. The molecule has 114 valence electrons. The summed E-state index contributed by atoms with van der Waals surface area (Å²) < 4.78 is 5.36. The third kappa shape index (κ3) is 3.65. The number of benzene rings is 2. The number of rotatable bonds is 5. The molecule has 0 aliphatic heterocycles. The summed E-state index contributed by atoms with van der Waals surface area (Å²) in [6.07, 6.45) is 1.32. The first-order valence-electron chi connectivity index (χ1n) is 6.61. The van der Waals surface area contributed by atoms with Gasteiger partial charge in [-0.15, -0.1) is 11.8 Å². The molecule has 6 heteroatoms. The molecule has 0 saturated carbocycles. The van der Waals surface area contributed by atoms with E-state index >= 15 is 0 Å². The quantitative estimate of drug-likeness (QED) is 0.357. The maximum atomic E-state index is 12.2. The highest BCUT2D eigenvalue weighted by Gasteiger charge is 2.19. The SMILES string of the molecule is CSc1ccc(C(=O)O[C@@H](C)c2ccccc2)cc1[N+](=O)[O-]. The van der Waals surface area contributed by atoms with Crippen LogP contribution in [-0.4, -0.2) is 17.1 Å². The van der Waals surface area contributed by atoms with Crippen LogP contribution in [-0.2, 0) is 4.74 Å². The van der Waals surface area contributed by atoms with Gasteiger partial charge in [-0.05, 0) is 30.9 Å². The number of nitro groups is 1. The van der Waals surface area contributed by atoms with Gasteiger partial charge in [-0.2, -0.15) is 0 Å². The number of thioether (sulfide) groups is 1. The molecule has 0 spiro atoms. The van der Waals surface area contributed by atoms with E-state index in [1.165, 1.54) is 17.8 Å². The second-order valence-electron chi connectivity index (χ2n) is 4.60. The number of carbonyl (C=O) groups is 1. The zero-order chi connectivity index (χ0) is 16.1. The average molecular weight is 317 g/mol. The molecule has 0 unspecified atom stereocenters. The Balaban J connectivity index is 2.19. The summed E-state index contributed by atoms with van der Waals surface area (Å²) in [5.41, 5.74) is 0.952. The highest BCUT2D eigenvalue weighted by molar-refractivity contribution is 7.98. The predicted octanol–water partition coefficient (Wildman–Crippen LogP) is 4.23. The van der Waals surface area contributed by atoms with Crippen molar-refractivity contribution in [1.82, 2.24) is 0 Å². The van der Waals surface area contributed by atoms with Crippen LogP contribution in [0.25, 0.3) is 0 Å². The Morgan fingerprint density at radius 2 is 1.91 bits per heavy atom. The minimum atomic E-state index is -0.577. The summed E-state index contributed by atoms with van der Waals surface area (Å²) in [5.74, 6) is -0.577. The maximum absolute atomic E-state index is 12.2. The van der Waals surface area contributed by atoms with Gasteiger partial charge < -0.3 is 4.74 Å². The largest absolute Gasteiger partial charge is 0.454 e. The molecule has 0 bridgehead atoms. The van der Waals surface area contributed by atoms with Crippen LogP contribution in [0.5, 0.6) is 0 Å². The molecule has 0 amide bonds. The van der Waals surface area contributed by atoms with Gasteiger partial charge in [-0.1, -0.05) is 30.3 Å².